The third-order valence-corrected chi connectivity index (χ3v) is 2.82. The topological polar surface area (TPSA) is 72.8 Å². The van der Waals surface area contributed by atoms with Crippen LogP contribution in [0, 0.1) is 0 Å². The number of amides is 1. The molecule has 5 nitrogen and oxygen atoms in total. The summed E-state index contributed by atoms with van der Waals surface area (Å²) in [5.74, 6) is -0.393. The van der Waals surface area contributed by atoms with E-state index in [-0.39, 0.29) is 0 Å². The van der Waals surface area contributed by atoms with Crippen molar-refractivity contribution in [1.29, 1.82) is 0 Å². The van der Waals surface area contributed by atoms with Crippen molar-refractivity contribution < 1.29 is 15.0 Å². The Kier molecular flexibility index (Phi) is 3.04. The standard InChI is InChI=1S/C12H16N2O3/c1-7(15)6-14(2)8-3-4-9-10(5-8)13-12(17)11(9)16/h3-5,7,11,15-16H,6H2,1-2H3,(H,13,17). The number of nitrogens with one attached hydrogen (secondary N) is 1. The zero-order chi connectivity index (χ0) is 12.6. The van der Waals surface area contributed by atoms with Crippen molar-refractivity contribution in [1.82, 2.24) is 0 Å². The maximum Gasteiger partial charge on any atom is 0.257 e. The number of rotatable bonds is 3. The first-order valence-electron chi connectivity index (χ1n) is 5.51. The second-order valence-corrected chi connectivity index (χ2v) is 4.39. The summed E-state index contributed by atoms with van der Waals surface area (Å²) in [6.07, 6.45) is -1.49. The van der Waals surface area contributed by atoms with E-state index >= 15 is 0 Å². The van der Waals surface area contributed by atoms with Gasteiger partial charge in [0.25, 0.3) is 5.91 Å². The van der Waals surface area contributed by atoms with E-state index in [1.165, 1.54) is 0 Å². The summed E-state index contributed by atoms with van der Waals surface area (Å²) in [6.45, 7) is 2.23. The lowest BCUT2D eigenvalue weighted by molar-refractivity contribution is -0.123. The van der Waals surface area contributed by atoms with Gasteiger partial charge in [-0.1, -0.05) is 6.07 Å². The Labute approximate surface area is 99.7 Å². The first kappa shape index (κ1) is 11.9. The highest BCUT2D eigenvalue weighted by atomic mass is 16.3. The molecule has 0 spiro atoms. The third-order valence-electron chi connectivity index (χ3n) is 2.82. The summed E-state index contributed by atoms with van der Waals surface area (Å²) in [5.41, 5.74) is 2.13. The fraction of sp³-hybridized carbons (Fsp3) is 0.417. The number of carbonyl (C=O) groups excluding carboxylic acids is 1. The molecule has 5 heteroatoms. The Morgan fingerprint density at radius 2 is 2.24 bits per heavy atom. The molecule has 92 valence electrons. The molecule has 0 aliphatic carbocycles. The van der Waals surface area contributed by atoms with Gasteiger partial charge in [0.15, 0.2) is 6.10 Å². The van der Waals surface area contributed by atoms with E-state index in [4.69, 9.17) is 0 Å². The van der Waals surface area contributed by atoms with Gasteiger partial charge in [-0.25, -0.2) is 0 Å². The summed E-state index contributed by atoms with van der Waals surface area (Å²) >= 11 is 0. The van der Waals surface area contributed by atoms with Crippen LogP contribution in [-0.2, 0) is 4.79 Å². The van der Waals surface area contributed by atoms with Crippen molar-refractivity contribution >= 4 is 17.3 Å². The molecule has 0 saturated heterocycles. The summed E-state index contributed by atoms with van der Waals surface area (Å²) in [7, 11) is 1.86. The lowest BCUT2D eigenvalue weighted by Gasteiger charge is -2.21. The molecule has 17 heavy (non-hydrogen) atoms. The maximum atomic E-state index is 11.3. The Balaban J connectivity index is 2.24. The fourth-order valence-corrected chi connectivity index (χ4v) is 1.97. The number of hydrogen-bond donors (Lipinski definition) is 3. The Bertz CT molecular complexity index is 445. The summed E-state index contributed by atoms with van der Waals surface area (Å²) < 4.78 is 0. The first-order valence-corrected chi connectivity index (χ1v) is 5.51. The average Bonchev–Trinajstić information content (AvgIpc) is 2.53. The van der Waals surface area contributed by atoms with Crippen LogP contribution in [-0.4, -0.2) is 35.8 Å². The van der Waals surface area contributed by atoms with E-state index in [9.17, 15) is 15.0 Å². The zero-order valence-electron chi connectivity index (χ0n) is 9.84. The Morgan fingerprint density at radius 3 is 2.88 bits per heavy atom. The summed E-state index contributed by atoms with van der Waals surface area (Å²) in [6, 6.07) is 5.35. The predicted octanol–water partition coefficient (Wildman–Crippen LogP) is 0.489. The monoisotopic (exact) mass is 236 g/mol. The quantitative estimate of drug-likeness (QED) is 0.714. The number of hydrogen-bond acceptors (Lipinski definition) is 4. The van der Waals surface area contributed by atoms with Crippen molar-refractivity contribution in [2.24, 2.45) is 0 Å². The van der Waals surface area contributed by atoms with Crippen LogP contribution in [0.3, 0.4) is 0 Å². The molecule has 2 rings (SSSR count). The number of anilines is 2. The lowest BCUT2D eigenvalue weighted by atomic mass is 10.1. The van der Waals surface area contributed by atoms with E-state index in [0.717, 1.165) is 5.69 Å². The number of likely N-dealkylation sites (N-methyl/N-ethyl adjacent to an activating group) is 1. The minimum Gasteiger partial charge on any atom is -0.392 e. The number of aliphatic hydroxyl groups is 2. The minimum atomic E-state index is -1.07. The molecule has 1 aromatic rings. The molecule has 0 radical (unpaired) electrons. The Hall–Kier alpha value is -1.59. The number of carbonyl (C=O) groups is 1. The highest BCUT2D eigenvalue weighted by Gasteiger charge is 2.28. The number of fused-ring (bicyclic) bond motifs is 1. The molecular weight excluding hydrogens is 220 g/mol. The third kappa shape index (κ3) is 2.25. The van der Waals surface area contributed by atoms with Gasteiger partial charge in [-0.05, 0) is 19.1 Å². The molecule has 0 fully saturated rings. The molecular formula is C12H16N2O3. The van der Waals surface area contributed by atoms with Gasteiger partial charge in [-0.2, -0.15) is 0 Å². The van der Waals surface area contributed by atoms with Crippen LogP contribution in [0.25, 0.3) is 0 Å². The number of nitrogens with zero attached hydrogens (tertiary/aromatic N) is 1. The molecule has 0 aromatic heterocycles. The molecule has 1 heterocycles. The summed E-state index contributed by atoms with van der Waals surface area (Å²) in [4.78, 5) is 13.2. The summed E-state index contributed by atoms with van der Waals surface area (Å²) in [5, 5.41) is 21.5. The van der Waals surface area contributed by atoms with Crippen molar-refractivity contribution in [2.75, 3.05) is 23.8 Å². The van der Waals surface area contributed by atoms with Gasteiger partial charge < -0.3 is 20.4 Å². The van der Waals surface area contributed by atoms with Crippen LogP contribution in [0.15, 0.2) is 18.2 Å². The van der Waals surface area contributed by atoms with E-state index in [2.05, 4.69) is 5.32 Å². The molecule has 2 unspecified atom stereocenters. The molecule has 1 aliphatic heterocycles. The average molecular weight is 236 g/mol. The zero-order valence-corrected chi connectivity index (χ0v) is 9.84. The Morgan fingerprint density at radius 1 is 1.53 bits per heavy atom. The van der Waals surface area contributed by atoms with E-state index in [0.29, 0.717) is 17.8 Å². The van der Waals surface area contributed by atoms with Gasteiger partial charge in [0.1, 0.15) is 0 Å². The van der Waals surface area contributed by atoms with Crippen LogP contribution < -0.4 is 10.2 Å². The van der Waals surface area contributed by atoms with E-state index < -0.39 is 18.1 Å². The molecule has 1 aromatic carbocycles. The van der Waals surface area contributed by atoms with Crippen LogP contribution in [0.2, 0.25) is 0 Å². The second kappa shape index (κ2) is 4.35. The van der Waals surface area contributed by atoms with Crippen LogP contribution in [0.4, 0.5) is 11.4 Å². The smallest absolute Gasteiger partial charge is 0.257 e. The van der Waals surface area contributed by atoms with Gasteiger partial charge >= 0.3 is 0 Å². The van der Waals surface area contributed by atoms with Gasteiger partial charge in [-0.3, -0.25) is 4.79 Å². The van der Waals surface area contributed by atoms with Gasteiger partial charge in [0.2, 0.25) is 0 Å². The van der Waals surface area contributed by atoms with Crippen molar-refractivity contribution in [3.63, 3.8) is 0 Å². The van der Waals surface area contributed by atoms with E-state index in [1.807, 2.05) is 18.0 Å². The van der Waals surface area contributed by atoms with Gasteiger partial charge in [0, 0.05) is 30.5 Å². The number of benzene rings is 1. The molecule has 1 aliphatic rings. The number of aliphatic hydroxyl groups excluding tert-OH is 2. The minimum absolute atomic E-state index is 0.393. The molecule has 0 saturated carbocycles. The molecule has 2 atom stereocenters. The van der Waals surface area contributed by atoms with Gasteiger partial charge in [-0.15, -0.1) is 0 Å². The molecule has 0 bridgehead atoms. The van der Waals surface area contributed by atoms with Gasteiger partial charge in [0.05, 0.1) is 6.10 Å². The fourth-order valence-electron chi connectivity index (χ4n) is 1.97. The van der Waals surface area contributed by atoms with Crippen LogP contribution in [0.5, 0.6) is 0 Å². The van der Waals surface area contributed by atoms with Crippen LogP contribution in [0.1, 0.15) is 18.6 Å². The second-order valence-electron chi connectivity index (χ2n) is 4.39. The van der Waals surface area contributed by atoms with Crippen molar-refractivity contribution in [3.05, 3.63) is 23.8 Å². The van der Waals surface area contributed by atoms with Crippen molar-refractivity contribution in [2.45, 2.75) is 19.1 Å². The van der Waals surface area contributed by atoms with Crippen molar-refractivity contribution in [3.8, 4) is 0 Å². The highest BCUT2D eigenvalue weighted by Crippen LogP contribution is 2.33. The predicted molar refractivity (Wildman–Crippen MR) is 65.0 cm³/mol. The van der Waals surface area contributed by atoms with E-state index in [1.54, 1.807) is 19.1 Å². The first-order chi connectivity index (χ1) is 7.99. The largest absolute Gasteiger partial charge is 0.392 e. The normalized spacial score (nSPS) is 19.8. The lowest BCUT2D eigenvalue weighted by Crippen LogP contribution is -2.26. The highest BCUT2D eigenvalue weighted by molar-refractivity contribution is 6.02. The molecule has 3 N–H and O–H groups in total. The van der Waals surface area contributed by atoms with Crippen LogP contribution >= 0.6 is 0 Å². The SMILES string of the molecule is CC(O)CN(C)c1ccc2c(c1)NC(=O)C2O. The maximum absolute atomic E-state index is 11.3. The molecule has 1 amide bonds.